The fraction of sp³-hybridized carbons (Fsp3) is 0.462. The van der Waals surface area contributed by atoms with Gasteiger partial charge in [0.15, 0.2) is 0 Å². The third-order valence-corrected chi connectivity index (χ3v) is 2.57. The number of benzene rings is 1. The number of rotatable bonds is 4. The monoisotopic (exact) mass is 220 g/mol. The van der Waals surface area contributed by atoms with E-state index in [-0.39, 0.29) is 11.4 Å². The fourth-order valence-electron chi connectivity index (χ4n) is 1.56. The van der Waals surface area contributed by atoms with Crippen molar-refractivity contribution in [3.63, 3.8) is 0 Å². The first-order valence-electron chi connectivity index (χ1n) is 5.48. The van der Waals surface area contributed by atoms with Crippen LogP contribution in [0.1, 0.15) is 26.3 Å². The number of amides is 1. The minimum atomic E-state index is -0.0370. The molecule has 0 saturated carbocycles. The van der Waals surface area contributed by atoms with Crippen LogP contribution in [0.4, 0.5) is 5.69 Å². The molecule has 0 radical (unpaired) electrons. The summed E-state index contributed by atoms with van der Waals surface area (Å²) in [6, 6.07) is 7.95. The molecular weight excluding hydrogens is 200 g/mol. The van der Waals surface area contributed by atoms with Gasteiger partial charge in [-0.25, -0.2) is 0 Å². The minimum Gasteiger partial charge on any atom is -0.326 e. The van der Waals surface area contributed by atoms with Crippen molar-refractivity contribution in [1.29, 1.82) is 0 Å². The van der Waals surface area contributed by atoms with Crippen LogP contribution in [0.2, 0.25) is 0 Å². The van der Waals surface area contributed by atoms with Crippen LogP contribution in [0.15, 0.2) is 24.3 Å². The molecule has 0 aliphatic heterocycles. The first-order chi connectivity index (χ1) is 7.43. The van der Waals surface area contributed by atoms with Gasteiger partial charge in [-0.1, -0.05) is 12.1 Å². The van der Waals surface area contributed by atoms with Crippen LogP contribution in [-0.4, -0.2) is 18.5 Å². The molecule has 1 amide bonds. The maximum atomic E-state index is 10.9. The largest absolute Gasteiger partial charge is 0.326 e. The van der Waals surface area contributed by atoms with Crippen molar-refractivity contribution in [2.75, 3.05) is 12.4 Å². The zero-order chi connectivity index (χ0) is 12.2. The Morgan fingerprint density at radius 3 is 2.62 bits per heavy atom. The summed E-state index contributed by atoms with van der Waals surface area (Å²) in [6.07, 6.45) is 0.928. The highest BCUT2D eigenvalue weighted by Crippen LogP contribution is 2.16. The summed E-state index contributed by atoms with van der Waals surface area (Å²) in [4.78, 5) is 10.9. The van der Waals surface area contributed by atoms with Gasteiger partial charge in [-0.05, 0) is 45.0 Å². The second-order valence-electron chi connectivity index (χ2n) is 4.69. The Hall–Kier alpha value is -1.35. The molecular formula is C13H20N2O. The van der Waals surface area contributed by atoms with Crippen molar-refractivity contribution in [3.05, 3.63) is 29.8 Å². The van der Waals surface area contributed by atoms with Gasteiger partial charge in [-0.3, -0.25) is 4.79 Å². The SMILES string of the molecule is CNC(C)(C)Cc1cccc(NC(C)=O)c1. The predicted octanol–water partition coefficient (Wildman–Crippen LogP) is 2.19. The van der Waals surface area contributed by atoms with Crippen molar-refractivity contribution in [3.8, 4) is 0 Å². The molecule has 1 aromatic rings. The van der Waals surface area contributed by atoms with E-state index in [1.54, 1.807) is 0 Å². The molecule has 3 nitrogen and oxygen atoms in total. The summed E-state index contributed by atoms with van der Waals surface area (Å²) >= 11 is 0. The standard InChI is InChI=1S/C13H20N2O/c1-10(16)15-12-7-5-6-11(8-12)9-13(2,3)14-4/h5-8,14H,9H2,1-4H3,(H,15,16). The number of nitrogens with one attached hydrogen (secondary N) is 2. The Bertz CT molecular complexity index is 372. The Kier molecular flexibility index (Phi) is 4.07. The normalized spacial score (nSPS) is 11.2. The molecule has 0 unspecified atom stereocenters. The third kappa shape index (κ3) is 4.03. The van der Waals surface area contributed by atoms with Crippen molar-refractivity contribution in [1.82, 2.24) is 5.32 Å². The lowest BCUT2D eigenvalue weighted by molar-refractivity contribution is -0.114. The quantitative estimate of drug-likeness (QED) is 0.816. The summed E-state index contributed by atoms with van der Waals surface area (Å²) in [6.45, 7) is 5.82. The van der Waals surface area contributed by atoms with Gasteiger partial charge in [0, 0.05) is 18.2 Å². The van der Waals surface area contributed by atoms with Crippen LogP contribution in [0.25, 0.3) is 0 Å². The van der Waals surface area contributed by atoms with E-state index in [4.69, 9.17) is 0 Å². The fourth-order valence-corrected chi connectivity index (χ4v) is 1.56. The summed E-state index contributed by atoms with van der Waals surface area (Å²) in [5.74, 6) is -0.0370. The Morgan fingerprint density at radius 1 is 1.38 bits per heavy atom. The van der Waals surface area contributed by atoms with Gasteiger partial charge in [-0.2, -0.15) is 0 Å². The molecule has 3 heteroatoms. The van der Waals surface area contributed by atoms with E-state index in [0.29, 0.717) is 0 Å². The van der Waals surface area contributed by atoms with E-state index in [9.17, 15) is 4.79 Å². The molecule has 0 heterocycles. The zero-order valence-corrected chi connectivity index (χ0v) is 10.4. The van der Waals surface area contributed by atoms with Gasteiger partial charge in [-0.15, -0.1) is 0 Å². The van der Waals surface area contributed by atoms with E-state index in [1.807, 2.05) is 25.2 Å². The highest BCUT2D eigenvalue weighted by atomic mass is 16.1. The third-order valence-electron chi connectivity index (χ3n) is 2.57. The van der Waals surface area contributed by atoms with E-state index in [2.05, 4.69) is 30.5 Å². The molecule has 0 aromatic heterocycles. The van der Waals surface area contributed by atoms with Gasteiger partial charge in [0.05, 0.1) is 0 Å². The van der Waals surface area contributed by atoms with Gasteiger partial charge in [0.2, 0.25) is 5.91 Å². The lowest BCUT2D eigenvalue weighted by atomic mass is 9.95. The Morgan fingerprint density at radius 2 is 2.06 bits per heavy atom. The van der Waals surface area contributed by atoms with Crippen LogP contribution in [-0.2, 0) is 11.2 Å². The number of anilines is 1. The van der Waals surface area contributed by atoms with Crippen LogP contribution in [0.5, 0.6) is 0 Å². The highest BCUT2D eigenvalue weighted by molar-refractivity contribution is 5.88. The molecule has 0 fully saturated rings. The average molecular weight is 220 g/mol. The second-order valence-corrected chi connectivity index (χ2v) is 4.69. The van der Waals surface area contributed by atoms with E-state index >= 15 is 0 Å². The highest BCUT2D eigenvalue weighted by Gasteiger charge is 2.15. The molecule has 0 saturated heterocycles. The first kappa shape index (κ1) is 12.7. The smallest absolute Gasteiger partial charge is 0.221 e. The van der Waals surface area contributed by atoms with Crippen molar-refractivity contribution >= 4 is 11.6 Å². The molecule has 0 bridgehead atoms. The van der Waals surface area contributed by atoms with Crippen molar-refractivity contribution in [2.24, 2.45) is 0 Å². The topological polar surface area (TPSA) is 41.1 Å². The van der Waals surface area contributed by atoms with Crippen molar-refractivity contribution < 1.29 is 4.79 Å². The number of hydrogen-bond donors (Lipinski definition) is 2. The maximum Gasteiger partial charge on any atom is 0.221 e. The van der Waals surface area contributed by atoms with Crippen LogP contribution < -0.4 is 10.6 Å². The zero-order valence-electron chi connectivity index (χ0n) is 10.4. The number of carbonyl (C=O) groups excluding carboxylic acids is 1. The summed E-state index contributed by atoms with van der Waals surface area (Å²) < 4.78 is 0. The van der Waals surface area contributed by atoms with Crippen molar-refractivity contribution in [2.45, 2.75) is 32.7 Å². The lowest BCUT2D eigenvalue weighted by Crippen LogP contribution is -2.38. The number of hydrogen-bond acceptors (Lipinski definition) is 2. The first-order valence-corrected chi connectivity index (χ1v) is 5.48. The Balaban J connectivity index is 2.78. The molecule has 2 N–H and O–H groups in total. The molecule has 0 aliphatic rings. The molecule has 1 aromatic carbocycles. The van der Waals surface area contributed by atoms with E-state index < -0.39 is 0 Å². The van der Waals surface area contributed by atoms with E-state index in [0.717, 1.165) is 12.1 Å². The Labute approximate surface area is 97.2 Å². The molecule has 0 atom stereocenters. The summed E-state index contributed by atoms with van der Waals surface area (Å²) in [5.41, 5.74) is 2.14. The average Bonchev–Trinajstić information content (AvgIpc) is 2.16. The molecule has 0 aliphatic carbocycles. The summed E-state index contributed by atoms with van der Waals surface area (Å²) in [7, 11) is 1.96. The molecule has 16 heavy (non-hydrogen) atoms. The van der Waals surface area contributed by atoms with Gasteiger partial charge in [0.1, 0.15) is 0 Å². The maximum absolute atomic E-state index is 10.9. The second kappa shape index (κ2) is 5.12. The van der Waals surface area contributed by atoms with Gasteiger partial charge >= 0.3 is 0 Å². The number of carbonyl (C=O) groups is 1. The minimum absolute atomic E-state index is 0.0370. The van der Waals surface area contributed by atoms with Crippen LogP contribution >= 0.6 is 0 Å². The van der Waals surface area contributed by atoms with Gasteiger partial charge in [0.25, 0.3) is 0 Å². The molecule has 88 valence electrons. The van der Waals surface area contributed by atoms with E-state index in [1.165, 1.54) is 12.5 Å². The number of likely N-dealkylation sites (N-methyl/N-ethyl adjacent to an activating group) is 1. The van der Waals surface area contributed by atoms with Gasteiger partial charge < -0.3 is 10.6 Å². The summed E-state index contributed by atoms with van der Waals surface area (Å²) in [5, 5.41) is 6.05. The predicted molar refractivity (Wildman–Crippen MR) is 67.6 cm³/mol. The molecule has 0 spiro atoms. The molecule has 1 rings (SSSR count). The van der Waals surface area contributed by atoms with Crippen LogP contribution in [0, 0.1) is 0 Å². The van der Waals surface area contributed by atoms with Crippen LogP contribution in [0.3, 0.4) is 0 Å². The lowest BCUT2D eigenvalue weighted by Gasteiger charge is -2.24.